The Bertz CT molecular complexity index is 417. The number of nitrogens with two attached hydrogens (primary N) is 1. The van der Waals surface area contributed by atoms with Crippen molar-refractivity contribution in [3.8, 4) is 0 Å². The summed E-state index contributed by atoms with van der Waals surface area (Å²) >= 11 is 5.91. The molecule has 2 unspecified atom stereocenters. The Hall–Kier alpha value is -1.07. The molecule has 1 aromatic carbocycles. The third kappa shape index (κ3) is 2.54. The van der Waals surface area contributed by atoms with E-state index in [0.717, 1.165) is 0 Å². The van der Waals surface area contributed by atoms with Crippen LogP contribution in [0.25, 0.3) is 0 Å². The van der Waals surface area contributed by atoms with Crippen LogP contribution >= 0.6 is 11.6 Å². The van der Waals surface area contributed by atoms with Crippen LogP contribution < -0.4 is 11.1 Å². The molecule has 0 radical (unpaired) electrons. The van der Waals surface area contributed by atoms with Crippen LogP contribution in [0, 0.1) is 0 Å². The number of halogens is 1. The van der Waals surface area contributed by atoms with Crippen LogP contribution in [0.4, 0.5) is 5.69 Å². The first-order chi connectivity index (χ1) is 7.49. The van der Waals surface area contributed by atoms with Gasteiger partial charge in [0.15, 0.2) is 0 Å². The zero-order valence-electron chi connectivity index (χ0n) is 8.99. The second kappa shape index (κ2) is 5.32. The number of nitrogens with one attached hydrogen (secondary N) is 1. The third-order valence-corrected chi connectivity index (χ3v) is 4.28. The van der Waals surface area contributed by atoms with Crippen LogP contribution in [0.5, 0.6) is 0 Å². The highest BCUT2D eigenvalue weighted by Crippen LogP contribution is 2.27. The molecule has 0 spiro atoms. The lowest BCUT2D eigenvalue weighted by atomic mass is 10.3. The molecular formula is C10H13ClN2O2S. The molecule has 2 atom stereocenters. The standard InChI is InChI=1S/C10H13ClN2O2S/c1-6(10(14)13-2)16(15)9-7(11)4-3-5-8(9)12/h3-6H,12H2,1-2H3,(H,13,14). The summed E-state index contributed by atoms with van der Waals surface area (Å²) in [6, 6.07) is 4.88. The SMILES string of the molecule is CNC(=O)C(C)S(=O)c1c(N)cccc1Cl. The van der Waals surface area contributed by atoms with Crippen LogP contribution in [-0.4, -0.2) is 22.4 Å². The highest BCUT2D eigenvalue weighted by molar-refractivity contribution is 7.86. The first-order valence-corrected chi connectivity index (χ1v) is 6.24. The Morgan fingerprint density at radius 2 is 2.19 bits per heavy atom. The molecule has 1 aromatic rings. The Balaban J connectivity index is 3.10. The predicted molar refractivity (Wildman–Crippen MR) is 65.8 cm³/mol. The Morgan fingerprint density at radius 1 is 1.56 bits per heavy atom. The Kier molecular flexibility index (Phi) is 4.32. The van der Waals surface area contributed by atoms with Crippen molar-refractivity contribution in [1.82, 2.24) is 5.32 Å². The topological polar surface area (TPSA) is 72.2 Å². The number of hydrogen-bond donors (Lipinski definition) is 2. The number of amides is 1. The number of carbonyl (C=O) groups excluding carboxylic acids is 1. The van der Waals surface area contributed by atoms with Crippen molar-refractivity contribution in [2.24, 2.45) is 0 Å². The smallest absolute Gasteiger partial charge is 0.235 e. The Morgan fingerprint density at radius 3 is 2.69 bits per heavy atom. The van der Waals surface area contributed by atoms with Crippen LogP contribution in [0.1, 0.15) is 6.92 Å². The van der Waals surface area contributed by atoms with Gasteiger partial charge < -0.3 is 11.1 Å². The van der Waals surface area contributed by atoms with Gasteiger partial charge in [-0.3, -0.25) is 9.00 Å². The number of nitrogen functional groups attached to an aromatic ring is 1. The van der Waals surface area contributed by atoms with Crippen molar-refractivity contribution in [2.75, 3.05) is 12.8 Å². The van der Waals surface area contributed by atoms with Crippen molar-refractivity contribution in [3.05, 3.63) is 23.2 Å². The quantitative estimate of drug-likeness (QED) is 0.802. The molecule has 1 amide bonds. The monoisotopic (exact) mass is 260 g/mol. The van der Waals surface area contributed by atoms with Crippen molar-refractivity contribution < 1.29 is 9.00 Å². The third-order valence-electron chi connectivity index (χ3n) is 2.14. The van der Waals surface area contributed by atoms with Crippen molar-refractivity contribution >= 4 is 34.0 Å². The zero-order valence-corrected chi connectivity index (χ0v) is 10.6. The average molecular weight is 261 g/mol. The van der Waals surface area contributed by atoms with Gasteiger partial charge >= 0.3 is 0 Å². The van der Waals surface area contributed by atoms with Gasteiger partial charge in [0.2, 0.25) is 5.91 Å². The molecule has 0 aliphatic heterocycles. The maximum Gasteiger partial charge on any atom is 0.235 e. The zero-order chi connectivity index (χ0) is 12.3. The lowest BCUT2D eigenvalue weighted by Crippen LogP contribution is -2.33. The van der Waals surface area contributed by atoms with E-state index in [9.17, 15) is 9.00 Å². The molecule has 1 rings (SSSR count). The van der Waals surface area contributed by atoms with Crippen LogP contribution in [0.2, 0.25) is 5.02 Å². The van der Waals surface area contributed by atoms with Crippen molar-refractivity contribution in [1.29, 1.82) is 0 Å². The van der Waals surface area contributed by atoms with Crippen LogP contribution in [0.15, 0.2) is 23.1 Å². The molecule has 88 valence electrons. The molecule has 0 aliphatic carbocycles. The highest BCUT2D eigenvalue weighted by Gasteiger charge is 2.23. The fourth-order valence-corrected chi connectivity index (χ4v) is 2.85. The minimum Gasteiger partial charge on any atom is -0.398 e. The molecule has 0 aliphatic rings. The molecule has 0 aromatic heterocycles. The second-order valence-corrected chi connectivity index (χ2v) is 5.33. The number of carbonyl (C=O) groups is 1. The molecule has 4 nitrogen and oxygen atoms in total. The highest BCUT2D eigenvalue weighted by atomic mass is 35.5. The maximum atomic E-state index is 12.1. The first kappa shape index (κ1) is 13.0. The first-order valence-electron chi connectivity index (χ1n) is 4.65. The fourth-order valence-electron chi connectivity index (χ4n) is 1.22. The van der Waals surface area contributed by atoms with Gasteiger partial charge in [-0.25, -0.2) is 0 Å². The van der Waals surface area contributed by atoms with E-state index >= 15 is 0 Å². The van der Waals surface area contributed by atoms with Gasteiger partial charge in [-0.05, 0) is 19.1 Å². The predicted octanol–water partition coefficient (Wildman–Crippen LogP) is 1.16. The summed E-state index contributed by atoms with van der Waals surface area (Å²) in [5, 5.41) is 2.06. The normalized spacial score (nSPS) is 14.2. The van der Waals surface area contributed by atoms with E-state index in [2.05, 4.69) is 5.32 Å². The summed E-state index contributed by atoms with van der Waals surface area (Å²) < 4.78 is 12.1. The second-order valence-electron chi connectivity index (χ2n) is 3.21. The fraction of sp³-hybridized carbons (Fsp3) is 0.300. The molecule has 3 N–H and O–H groups in total. The van der Waals surface area contributed by atoms with Gasteiger partial charge in [0.05, 0.1) is 20.7 Å². The largest absolute Gasteiger partial charge is 0.398 e. The lowest BCUT2D eigenvalue weighted by molar-refractivity contribution is -0.119. The lowest BCUT2D eigenvalue weighted by Gasteiger charge is -2.12. The summed E-state index contributed by atoms with van der Waals surface area (Å²) in [5.74, 6) is -0.308. The molecule has 0 fully saturated rings. The van der Waals surface area contributed by atoms with Gasteiger partial charge in [0.1, 0.15) is 5.25 Å². The van der Waals surface area contributed by atoms with E-state index in [1.54, 1.807) is 25.1 Å². The average Bonchev–Trinajstić information content (AvgIpc) is 2.26. The van der Waals surface area contributed by atoms with Crippen molar-refractivity contribution in [2.45, 2.75) is 17.1 Å². The molecular weight excluding hydrogens is 248 g/mol. The minimum absolute atomic E-state index is 0.308. The van der Waals surface area contributed by atoms with Crippen LogP contribution in [-0.2, 0) is 15.6 Å². The van der Waals surface area contributed by atoms with E-state index < -0.39 is 16.0 Å². The molecule has 0 bridgehead atoms. The summed E-state index contributed by atoms with van der Waals surface area (Å²) in [5.41, 5.74) is 6.03. The minimum atomic E-state index is -1.55. The maximum absolute atomic E-state index is 12.1. The van der Waals surface area contributed by atoms with Gasteiger partial charge in [-0.2, -0.15) is 0 Å². The Labute approximate surface area is 102 Å². The van der Waals surface area contributed by atoms with Crippen LogP contribution in [0.3, 0.4) is 0 Å². The summed E-state index contributed by atoms with van der Waals surface area (Å²) in [4.78, 5) is 11.7. The molecule has 0 heterocycles. The summed E-state index contributed by atoms with van der Waals surface area (Å²) in [6.07, 6.45) is 0. The van der Waals surface area contributed by atoms with Crippen molar-refractivity contribution in [3.63, 3.8) is 0 Å². The summed E-state index contributed by atoms with van der Waals surface area (Å²) in [7, 11) is -0.0582. The molecule has 0 saturated carbocycles. The van der Waals surface area contributed by atoms with E-state index in [1.165, 1.54) is 7.05 Å². The van der Waals surface area contributed by atoms with Gasteiger partial charge in [0.25, 0.3) is 0 Å². The van der Waals surface area contributed by atoms with E-state index in [0.29, 0.717) is 15.6 Å². The molecule has 0 saturated heterocycles. The number of hydrogen-bond acceptors (Lipinski definition) is 3. The van der Waals surface area contributed by atoms with Gasteiger partial charge in [-0.15, -0.1) is 0 Å². The number of rotatable bonds is 3. The van der Waals surface area contributed by atoms with E-state index in [4.69, 9.17) is 17.3 Å². The number of benzene rings is 1. The summed E-state index contributed by atoms with van der Waals surface area (Å²) in [6.45, 7) is 1.57. The van der Waals surface area contributed by atoms with E-state index in [1.807, 2.05) is 0 Å². The molecule has 6 heteroatoms. The molecule has 16 heavy (non-hydrogen) atoms. The van der Waals surface area contributed by atoms with Gasteiger partial charge in [-0.1, -0.05) is 17.7 Å². The van der Waals surface area contributed by atoms with E-state index in [-0.39, 0.29) is 5.91 Å². The van der Waals surface area contributed by atoms with Gasteiger partial charge in [0, 0.05) is 12.7 Å². The number of anilines is 1.